The molecule has 1 aliphatic heterocycles. The van der Waals surface area contributed by atoms with Crippen molar-refractivity contribution in [2.75, 3.05) is 27.2 Å². The van der Waals surface area contributed by atoms with E-state index in [1.165, 1.54) is 36.9 Å². The molecule has 0 aromatic carbocycles. The molecule has 2 unspecified atom stereocenters. The monoisotopic (exact) mass is 247 g/mol. The third kappa shape index (κ3) is 2.90. The third-order valence-electron chi connectivity index (χ3n) is 4.12. The van der Waals surface area contributed by atoms with Crippen molar-refractivity contribution in [2.45, 2.75) is 32.2 Å². The Morgan fingerprint density at radius 3 is 3.00 bits per heavy atom. The van der Waals surface area contributed by atoms with E-state index in [-0.39, 0.29) is 0 Å². The lowest BCUT2D eigenvalue weighted by atomic mass is 9.88. The van der Waals surface area contributed by atoms with Crippen molar-refractivity contribution in [1.82, 2.24) is 15.2 Å². The van der Waals surface area contributed by atoms with Crippen LogP contribution in [0.2, 0.25) is 0 Å². The van der Waals surface area contributed by atoms with Gasteiger partial charge in [-0.3, -0.25) is 9.88 Å². The van der Waals surface area contributed by atoms with Crippen LogP contribution in [0.4, 0.5) is 0 Å². The third-order valence-corrected chi connectivity index (χ3v) is 4.12. The molecule has 1 aromatic heterocycles. The van der Waals surface area contributed by atoms with E-state index in [1.807, 2.05) is 6.20 Å². The van der Waals surface area contributed by atoms with Gasteiger partial charge in [-0.15, -0.1) is 0 Å². The van der Waals surface area contributed by atoms with Gasteiger partial charge in [0, 0.05) is 18.4 Å². The Labute approximate surface area is 111 Å². The van der Waals surface area contributed by atoms with Gasteiger partial charge in [0.15, 0.2) is 0 Å². The quantitative estimate of drug-likeness (QED) is 0.889. The maximum Gasteiger partial charge on any atom is 0.0403 e. The molecule has 0 bridgehead atoms. The number of aromatic nitrogens is 1. The Bertz CT molecular complexity index is 378. The molecule has 1 N–H and O–H groups in total. The molecule has 1 aromatic rings. The summed E-state index contributed by atoms with van der Waals surface area (Å²) in [5.41, 5.74) is 2.77. The zero-order valence-corrected chi connectivity index (χ0v) is 11.8. The molecule has 3 nitrogen and oxygen atoms in total. The van der Waals surface area contributed by atoms with E-state index >= 15 is 0 Å². The van der Waals surface area contributed by atoms with E-state index in [1.54, 1.807) is 0 Å². The summed E-state index contributed by atoms with van der Waals surface area (Å²) in [7, 11) is 4.31. The molecule has 0 aliphatic carbocycles. The molecular weight excluding hydrogens is 222 g/mol. The standard InChI is InChI=1S/C15H25N3/c1-12-7-8-17-11-14(12)15-13(10-16-2)6-4-5-9-18(15)3/h7-8,11,13,15-16H,4-6,9-10H2,1-3H3. The fourth-order valence-corrected chi connectivity index (χ4v) is 3.18. The van der Waals surface area contributed by atoms with E-state index in [9.17, 15) is 0 Å². The predicted octanol–water partition coefficient (Wildman–Crippen LogP) is 2.38. The highest BCUT2D eigenvalue weighted by Gasteiger charge is 2.29. The number of nitrogens with one attached hydrogen (secondary N) is 1. The first kappa shape index (κ1) is 13.5. The van der Waals surface area contributed by atoms with Crippen LogP contribution in [0, 0.1) is 12.8 Å². The fraction of sp³-hybridized carbons (Fsp3) is 0.667. The minimum atomic E-state index is 0.508. The van der Waals surface area contributed by atoms with Gasteiger partial charge in [-0.05, 0) is 70.1 Å². The highest BCUT2D eigenvalue weighted by atomic mass is 15.1. The Morgan fingerprint density at radius 2 is 2.28 bits per heavy atom. The van der Waals surface area contributed by atoms with E-state index in [2.05, 4.69) is 48.5 Å². The molecular formula is C15H25N3. The summed E-state index contributed by atoms with van der Waals surface area (Å²) in [6.07, 6.45) is 7.91. The highest BCUT2D eigenvalue weighted by Crippen LogP contribution is 2.34. The molecule has 1 saturated heterocycles. The summed E-state index contributed by atoms with van der Waals surface area (Å²) in [6.45, 7) is 4.48. The first-order valence-electron chi connectivity index (χ1n) is 6.99. The number of rotatable bonds is 3. The van der Waals surface area contributed by atoms with Gasteiger partial charge in [-0.25, -0.2) is 0 Å². The summed E-state index contributed by atoms with van der Waals surface area (Å²) in [5, 5.41) is 3.36. The van der Waals surface area contributed by atoms with E-state index < -0.39 is 0 Å². The Balaban J connectivity index is 2.31. The van der Waals surface area contributed by atoms with Crippen LogP contribution in [0.3, 0.4) is 0 Å². The molecule has 2 heterocycles. The van der Waals surface area contributed by atoms with Crippen molar-refractivity contribution >= 4 is 0 Å². The Kier molecular flexibility index (Phi) is 4.72. The summed E-state index contributed by atoms with van der Waals surface area (Å²) >= 11 is 0. The molecule has 2 rings (SSSR count). The summed E-state index contributed by atoms with van der Waals surface area (Å²) in [5.74, 6) is 0.686. The van der Waals surface area contributed by atoms with Gasteiger partial charge < -0.3 is 5.32 Å². The topological polar surface area (TPSA) is 28.2 Å². The van der Waals surface area contributed by atoms with Crippen molar-refractivity contribution in [3.05, 3.63) is 29.6 Å². The summed E-state index contributed by atoms with van der Waals surface area (Å²) in [4.78, 5) is 6.85. The number of hydrogen-bond acceptors (Lipinski definition) is 3. The Hall–Kier alpha value is -0.930. The minimum absolute atomic E-state index is 0.508. The second kappa shape index (κ2) is 6.30. The second-order valence-corrected chi connectivity index (χ2v) is 5.47. The lowest BCUT2D eigenvalue weighted by Gasteiger charge is -2.33. The zero-order valence-electron chi connectivity index (χ0n) is 11.8. The smallest absolute Gasteiger partial charge is 0.0403 e. The van der Waals surface area contributed by atoms with E-state index in [0.717, 1.165) is 6.54 Å². The molecule has 0 amide bonds. The maximum atomic E-state index is 4.33. The lowest BCUT2D eigenvalue weighted by molar-refractivity contribution is 0.190. The van der Waals surface area contributed by atoms with Crippen LogP contribution in [-0.2, 0) is 0 Å². The number of aryl methyl sites for hydroxylation is 1. The maximum absolute atomic E-state index is 4.33. The van der Waals surface area contributed by atoms with Gasteiger partial charge in [0.05, 0.1) is 0 Å². The van der Waals surface area contributed by atoms with Gasteiger partial charge in [0.25, 0.3) is 0 Å². The molecule has 3 heteroatoms. The largest absolute Gasteiger partial charge is 0.319 e. The normalized spacial score (nSPS) is 25.9. The summed E-state index contributed by atoms with van der Waals surface area (Å²) in [6, 6.07) is 2.64. The molecule has 100 valence electrons. The molecule has 0 radical (unpaired) electrons. The van der Waals surface area contributed by atoms with Crippen LogP contribution >= 0.6 is 0 Å². The van der Waals surface area contributed by atoms with Crippen molar-refractivity contribution in [1.29, 1.82) is 0 Å². The van der Waals surface area contributed by atoms with Gasteiger partial charge in [0.1, 0.15) is 0 Å². The van der Waals surface area contributed by atoms with Crippen LogP contribution < -0.4 is 5.32 Å². The Morgan fingerprint density at radius 1 is 1.44 bits per heavy atom. The lowest BCUT2D eigenvalue weighted by Crippen LogP contribution is -2.34. The number of pyridine rings is 1. The average Bonchev–Trinajstić information content (AvgIpc) is 2.53. The van der Waals surface area contributed by atoms with Crippen LogP contribution in [0.1, 0.15) is 36.4 Å². The first-order valence-corrected chi connectivity index (χ1v) is 6.99. The van der Waals surface area contributed by atoms with Crippen molar-refractivity contribution in [3.8, 4) is 0 Å². The molecule has 2 atom stereocenters. The summed E-state index contributed by atoms with van der Waals surface area (Å²) < 4.78 is 0. The zero-order chi connectivity index (χ0) is 13.0. The molecule has 1 fully saturated rings. The number of likely N-dealkylation sites (tertiary alicyclic amines) is 1. The van der Waals surface area contributed by atoms with E-state index in [0.29, 0.717) is 12.0 Å². The molecule has 18 heavy (non-hydrogen) atoms. The van der Waals surface area contributed by atoms with Gasteiger partial charge in [-0.2, -0.15) is 0 Å². The van der Waals surface area contributed by atoms with Crippen LogP contribution in [0.5, 0.6) is 0 Å². The minimum Gasteiger partial charge on any atom is -0.319 e. The highest BCUT2D eigenvalue weighted by molar-refractivity contribution is 5.26. The first-order chi connectivity index (χ1) is 8.74. The number of hydrogen-bond donors (Lipinski definition) is 1. The van der Waals surface area contributed by atoms with Gasteiger partial charge >= 0.3 is 0 Å². The molecule has 1 aliphatic rings. The van der Waals surface area contributed by atoms with Crippen LogP contribution in [0.25, 0.3) is 0 Å². The van der Waals surface area contributed by atoms with Crippen molar-refractivity contribution in [3.63, 3.8) is 0 Å². The second-order valence-electron chi connectivity index (χ2n) is 5.47. The van der Waals surface area contributed by atoms with Gasteiger partial charge in [0.2, 0.25) is 0 Å². The van der Waals surface area contributed by atoms with E-state index in [4.69, 9.17) is 0 Å². The van der Waals surface area contributed by atoms with Crippen molar-refractivity contribution < 1.29 is 0 Å². The van der Waals surface area contributed by atoms with Crippen LogP contribution in [-0.4, -0.2) is 37.1 Å². The van der Waals surface area contributed by atoms with Gasteiger partial charge in [-0.1, -0.05) is 6.42 Å². The fourth-order valence-electron chi connectivity index (χ4n) is 3.18. The van der Waals surface area contributed by atoms with Crippen molar-refractivity contribution in [2.24, 2.45) is 5.92 Å². The SMILES string of the molecule is CNCC1CCCCN(C)C1c1cnccc1C. The number of nitrogens with zero attached hydrogens (tertiary/aromatic N) is 2. The van der Waals surface area contributed by atoms with Crippen LogP contribution in [0.15, 0.2) is 18.5 Å². The predicted molar refractivity (Wildman–Crippen MR) is 75.6 cm³/mol. The molecule has 0 saturated carbocycles. The molecule has 0 spiro atoms. The average molecular weight is 247 g/mol.